The van der Waals surface area contributed by atoms with E-state index in [0.717, 1.165) is 69.5 Å². The summed E-state index contributed by atoms with van der Waals surface area (Å²) in [6.07, 6.45) is 10.0. The zero-order valence-electron chi connectivity index (χ0n) is 21.5. The molecule has 2 aliphatic heterocycles. The van der Waals surface area contributed by atoms with Crippen LogP contribution in [0.5, 0.6) is 0 Å². The Morgan fingerprint density at radius 3 is 2.47 bits per heavy atom. The Bertz CT molecular complexity index is 1310. The van der Waals surface area contributed by atoms with E-state index in [1.54, 1.807) is 6.07 Å². The molecule has 1 unspecified atom stereocenters. The summed E-state index contributed by atoms with van der Waals surface area (Å²) in [5.74, 6) is -0.0382. The lowest BCUT2D eigenvalue weighted by molar-refractivity contribution is 0.0285. The third-order valence-corrected chi connectivity index (χ3v) is 10.1. The van der Waals surface area contributed by atoms with Gasteiger partial charge in [0.1, 0.15) is 4.88 Å². The van der Waals surface area contributed by atoms with Crippen molar-refractivity contribution in [1.29, 1.82) is 0 Å². The summed E-state index contributed by atoms with van der Waals surface area (Å²) < 4.78 is 0. The predicted molar refractivity (Wildman–Crippen MR) is 151 cm³/mol. The van der Waals surface area contributed by atoms with E-state index in [0.29, 0.717) is 15.3 Å². The molecule has 1 N–H and O–H groups in total. The number of thiophene rings is 1. The van der Waals surface area contributed by atoms with Crippen molar-refractivity contribution in [3.63, 3.8) is 0 Å². The molecule has 6 nitrogen and oxygen atoms in total. The van der Waals surface area contributed by atoms with E-state index in [2.05, 4.69) is 33.4 Å². The molecule has 6 rings (SSSR count). The van der Waals surface area contributed by atoms with Crippen molar-refractivity contribution in [1.82, 2.24) is 20.1 Å². The highest BCUT2D eigenvalue weighted by molar-refractivity contribution is 7.12. The molecule has 3 aliphatic rings. The van der Waals surface area contributed by atoms with Crippen LogP contribution in [0.4, 0.5) is 0 Å². The molecule has 4 heterocycles. The third-order valence-electron chi connectivity index (χ3n) is 8.78. The number of carbonyl (C=O) groups excluding carboxylic acids is 2. The fourth-order valence-electron chi connectivity index (χ4n) is 6.36. The van der Waals surface area contributed by atoms with Gasteiger partial charge in [0, 0.05) is 37.6 Å². The minimum Gasteiger partial charge on any atom is -0.344 e. The smallest absolute Gasteiger partial charge is 0.263 e. The van der Waals surface area contributed by atoms with Gasteiger partial charge in [-0.2, -0.15) is 0 Å². The van der Waals surface area contributed by atoms with Gasteiger partial charge in [0.05, 0.1) is 11.1 Å². The van der Waals surface area contributed by atoms with E-state index < -0.39 is 0 Å². The monoisotopic (exact) mass is 548 g/mol. The Morgan fingerprint density at radius 1 is 1.03 bits per heavy atom. The van der Waals surface area contributed by atoms with Crippen molar-refractivity contribution >= 4 is 34.8 Å². The van der Waals surface area contributed by atoms with E-state index in [-0.39, 0.29) is 17.9 Å². The first kappa shape index (κ1) is 25.5. The molecule has 0 bridgehead atoms. The molecule has 2 aromatic heterocycles. The molecular weight excluding hydrogens is 516 g/mol. The number of amides is 2. The van der Waals surface area contributed by atoms with Crippen molar-refractivity contribution < 1.29 is 9.59 Å². The van der Waals surface area contributed by atoms with Gasteiger partial charge in [0.25, 0.3) is 11.8 Å². The number of carbonyl (C=O) groups is 2. The molecule has 0 radical (unpaired) electrons. The minimum absolute atomic E-state index is 0.0922. The second-order valence-electron chi connectivity index (χ2n) is 11.0. The molecular formula is C30H33ClN4O2S. The minimum atomic E-state index is -0.146. The summed E-state index contributed by atoms with van der Waals surface area (Å²) in [5, 5.41) is 5.44. The molecule has 1 aliphatic carbocycles. The molecule has 2 amide bonds. The standard InChI is InChI=1S/C30H33ClN4O2S/c31-25-7-18-38-27(25)28(36)33-26-4-3-22-1-2-23(19-24(22)26)29(37)35-16-10-30(11-17-35)8-14-34(15-9-30)20-21-5-12-32-13-6-21/h1-2,5-7,12-13,18-19,26H,3-4,8-11,14-17,20H2,(H,33,36). The maximum atomic E-state index is 13.5. The molecule has 8 heteroatoms. The van der Waals surface area contributed by atoms with E-state index in [9.17, 15) is 9.59 Å². The topological polar surface area (TPSA) is 65.5 Å². The van der Waals surface area contributed by atoms with Gasteiger partial charge in [0.15, 0.2) is 0 Å². The number of nitrogens with one attached hydrogen (secondary N) is 1. The second kappa shape index (κ2) is 10.8. The Labute approximate surface area is 233 Å². The quantitative estimate of drug-likeness (QED) is 0.442. The predicted octanol–water partition coefficient (Wildman–Crippen LogP) is 5.73. The van der Waals surface area contributed by atoms with Crippen LogP contribution in [0.3, 0.4) is 0 Å². The number of rotatable bonds is 5. The number of pyridine rings is 1. The lowest BCUT2D eigenvalue weighted by Crippen LogP contribution is -2.48. The zero-order chi connectivity index (χ0) is 26.1. The summed E-state index contributed by atoms with van der Waals surface area (Å²) >= 11 is 7.51. The molecule has 2 saturated heterocycles. The van der Waals surface area contributed by atoms with E-state index in [1.165, 1.54) is 35.3 Å². The Hall–Kier alpha value is -2.74. The number of nitrogens with zero attached hydrogens (tertiary/aromatic N) is 3. The highest BCUT2D eigenvalue weighted by Crippen LogP contribution is 2.42. The van der Waals surface area contributed by atoms with Crippen LogP contribution in [0.1, 0.15) is 74.9 Å². The van der Waals surface area contributed by atoms with Gasteiger partial charge < -0.3 is 10.2 Å². The van der Waals surface area contributed by atoms with Crippen molar-refractivity contribution in [2.45, 2.75) is 51.1 Å². The number of hydrogen-bond acceptors (Lipinski definition) is 5. The Balaban J connectivity index is 1.05. The molecule has 1 aromatic carbocycles. The first-order valence-corrected chi connectivity index (χ1v) is 14.8. The SMILES string of the molecule is O=C(NC1CCc2ccc(C(=O)N3CCC4(CCN(Cc5ccncc5)CC4)CC3)cc21)c1sccc1Cl. The van der Waals surface area contributed by atoms with Gasteiger partial charge in [-0.1, -0.05) is 17.7 Å². The van der Waals surface area contributed by atoms with E-state index in [4.69, 9.17) is 11.6 Å². The maximum absolute atomic E-state index is 13.5. The number of aromatic nitrogens is 1. The summed E-state index contributed by atoms with van der Waals surface area (Å²) in [6, 6.07) is 11.9. The van der Waals surface area contributed by atoms with Crippen molar-refractivity contribution in [3.8, 4) is 0 Å². The van der Waals surface area contributed by atoms with E-state index in [1.807, 2.05) is 34.8 Å². The average molecular weight is 549 g/mol. The van der Waals surface area contributed by atoms with Crippen LogP contribution in [-0.4, -0.2) is 52.8 Å². The molecule has 1 spiro atoms. The van der Waals surface area contributed by atoms with Gasteiger partial charge in [-0.25, -0.2) is 0 Å². The number of aryl methyl sites for hydroxylation is 1. The van der Waals surface area contributed by atoms with Gasteiger partial charge in [-0.05, 0) is 109 Å². The van der Waals surface area contributed by atoms with Gasteiger partial charge in [0.2, 0.25) is 0 Å². The highest BCUT2D eigenvalue weighted by Gasteiger charge is 2.39. The van der Waals surface area contributed by atoms with Crippen LogP contribution in [0.25, 0.3) is 0 Å². The zero-order valence-corrected chi connectivity index (χ0v) is 23.1. The fourth-order valence-corrected chi connectivity index (χ4v) is 7.41. The summed E-state index contributed by atoms with van der Waals surface area (Å²) in [5.41, 5.74) is 4.68. The van der Waals surface area contributed by atoms with Crippen LogP contribution < -0.4 is 5.32 Å². The number of benzene rings is 1. The van der Waals surface area contributed by atoms with Crippen molar-refractivity contribution in [2.75, 3.05) is 26.2 Å². The Kier molecular flexibility index (Phi) is 7.25. The number of piperidine rings is 2. The van der Waals surface area contributed by atoms with Gasteiger partial charge in [-0.3, -0.25) is 19.5 Å². The summed E-state index contributed by atoms with van der Waals surface area (Å²) in [6.45, 7) is 4.85. The third kappa shape index (κ3) is 5.24. The molecule has 2 fully saturated rings. The van der Waals surface area contributed by atoms with E-state index >= 15 is 0 Å². The average Bonchev–Trinajstić information content (AvgIpc) is 3.56. The molecule has 0 saturated carbocycles. The van der Waals surface area contributed by atoms with Gasteiger partial charge in [-0.15, -0.1) is 11.3 Å². The van der Waals surface area contributed by atoms with Crippen LogP contribution in [0.2, 0.25) is 5.02 Å². The lowest BCUT2D eigenvalue weighted by atomic mass is 9.71. The first-order valence-electron chi connectivity index (χ1n) is 13.6. The number of likely N-dealkylation sites (tertiary alicyclic amines) is 2. The molecule has 198 valence electrons. The van der Waals surface area contributed by atoms with Crippen LogP contribution >= 0.6 is 22.9 Å². The van der Waals surface area contributed by atoms with Gasteiger partial charge >= 0.3 is 0 Å². The summed E-state index contributed by atoms with van der Waals surface area (Å²) in [7, 11) is 0. The normalized spacial score (nSPS) is 20.9. The number of halogens is 1. The summed E-state index contributed by atoms with van der Waals surface area (Å²) in [4.78, 5) is 35.5. The van der Waals surface area contributed by atoms with Crippen LogP contribution in [-0.2, 0) is 13.0 Å². The number of hydrogen-bond donors (Lipinski definition) is 1. The second-order valence-corrected chi connectivity index (χ2v) is 12.3. The van der Waals surface area contributed by atoms with Crippen molar-refractivity contribution in [2.24, 2.45) is 5.41 Å². The lowest BCUT2D eigenvalue weighted by Gasteiger charge is -2.47. The highest BCUT2D eigenvalue weighted by atomic mass is 35.5. The van der Waals surface area contributed by atoms with Crippen LogP contribution in [0, 0.1) is 5.41 Å². The van der Waals surface area contributed by atoms with Crippen molar-refractivity contribution in [3.05, 3.63) is 86.3 Å². The fraction of sp³-hybridized carbons (Fsp3) is 0.433. The largest absolute Gasteiger partial charge is 0.344 e. The van der Waals surface area contributed by atoms with Crippen LogP contribution in [0.15, 0.2) is 54.2 Å². The number of fused-ring (bicyclic) bond motifs is 1. The Morgan fingerprint density at radius 2 is 1.76 bits per heavy atom. The molecule has 1 atom stereocenters. The maximum Gasteiger partial charge on any atom is 0.263 e. The first-order chi connectivity index (χ1) is 18.5. The molecule has 38 heavy (non-hydrogen) atoms. The molecule has 3 aromatic rings.